The van der Waals surface area contributed by atoms with Gasteiger partial charge in [-0.1, -0.05) is 47.7 Å². The number of thiazole rings is 1. The molecule has 4 aromatic rings. The topological polar surface area (TPSA) is 77.4 Å². The molecule has 32 heavy (non-hydrogen) atoms. The Labute approximate surface area is 191 Å². The number of fused-ring (bicyclic) bond motifs is 1. The Kier molecular flexibility index (Phi) is 6.45. The van der Waals surface area contributed by atoms with Crippen LogP contribution in [0.5, 0.6) is 5.75 Å². The first-order valence-corrected chi connectivity index (χ1v) is 12.5. The average molecular weight is 469 g/mol. The van der Waals surface area contributed by atoms with Crippen molar-refractivity contribution in [3.05, 3.63) is 93.1 Å². The first kappa shape index (κ1) is 22.3. The molecule has 6 nitrogen and oxygen atoms in total. The van der Waals surface area contributed by atoms with Crippen molar-refractivity contribution in [2.75, 3.05) is 13.2 Å². The van der Waals surface area contributed by atoms with Gasteiger partial charge in [0.15, 0.2) is 0 Å². The third kappa shape index (κ3) is 5.09. The van der Waals surface area contributed by atoms with Crippen LogP contribution in [-0.4, -0.2) is 26.1 Å². The van der Waals surface area contributed by atoms with Crippen molar-refractivity contribution in [1.82, 2.24) is 9.29 Å². The summed E-state index contributed by atoms with van der Waals surface area (Å²) >= 11 is 1.05. The number of ether oxygens (including phenoxy) is 1. The first-order chi connectivity index (χ1) is 15.3. The van der Waals surface area contributed by atoms with Crippen LogP contribution in [0.3, 0.4) is 0 Å². The zero-order chi connectivity index (χ0) is 22.7. The van der Waals surface area contributed by atoms with E-state index < -0.39 is 10.0 Å². The van der Waals surface area contributed by atoms with E-state index in [0.717, 1.165) is 33.5 Å². The number of benzene rings is 3. The second-order valence-corrected chi connectivity index (χ2v) is 10.4. The maximum Gasteiger partial charge on any atom is 0.308 e. The fourth-order valence-corrected chi connectivity index (χ4v) is 5.62. The molecule has 0 aliphatic rings. The molecule has 166 valence electrons. The molecule has 4 rings (SSSR count). The summed E-state index contributed by atoms with van der Waals surface area (Å²) in [6.07, 6.45) is 0. The third-order valence-electron chi connectivity index (χ3n) is 4.99. The van der Waals surface area contributed by atoms with E-state index in [1.165, 1.54) is 6.07 Å². The molecule has 0 fully saturated rings. The summed E-state index contributed by atoms with van der Waals surface area (Å²) in [6.45, 7) is 4.77. The van der Waals surface area contributed by atoms with Gasteiger partial charge in [0.1, 0.15) is 12.4 Å². The molecule has 0 aliphatic heterocycles. The van der Waals surface area contributed by atoms with Crippen molar-refractivity contribution in [3.8, 4) is 5.75 Å². The molecular weight excluding hydrogens is 444 g/mol. The van der Waals surface area contributed by atoms with Gasteiger partial charge in [-0.3, -0.25) is 9.36 Å². The van der Waals surface area contributed by atoms with Gasteiger partial charge in [-0.2, -0.15) is 0 Å². The minimum Gasteiger partial charge on any atom is -0.492 e. The molecule has 0 saturated carbocycles. The lowest BCUT2D eigenvalue weighted by Gasteiger charge is -2.10. The molecule has 0 bridgehead atoms. The molecule has 0 saturated heterocycles. The lowest BCUT2D eigenvalue weighted by molar-refractivity contribution is 0.322. The number of hydrogen-bond donors (Lipinski definition) is 1. The van der Waals surface area contributed by atoms with Crippen LogP contribution in [0.2, 0.25) is 0 Å². The summed E-state index contributed by atoms with van der Waals surface area (Å²) < 4.78 is 36.0. The number of hydrogen-bond acceptors (Lipinski definition) is 5. The molecule has 0 atom stereocenters. The second-order valence-electron chi connectivity index (χ2n) is 7.64. The van der Waals surface area contributed by atoms with Gasteiger partial charge >= 0.3 is 4.87 Å². The summed E-state index contributed by atoms with van der Waals surface area (Å²) in [5, 5.41) is 0. The Bertz CT molecular complexity index is 1390. The standard InChI is InChI=1S/C24H24N2O4S2/c1-17-12-18(2)14-20(13-17)30-11-10-25-32(28,29)21-8-9-22-23(15-21)31-24(27)26(22)16-19-6-4-3-5-7-19/h3-9,12-15,25H,10-11,16H2,1-2H3. The Balaban J connectivity index is 1.45. The summed E-state index contributed by atoms with van der Waals surface area (Å²) in [5.41, 5.74) is 3.91. The van der Waals surface area contributed by atoms with Gasteiger partial charge < -0.3 is 4.74 Å². The highest BCUT2D eigenvalue weighted by Gasteiger charge is 2.17. The Morgan fingerprint density at radius 1 is 0.969 bits per heavy atom. The molecule has 0 aliphatic carbocycles. The van der Waals surface area contributed by atoms with Crippen LogP contribution in [0.1, 0.15) is 16.7 Å². The first-order valence-electron chi connectivity index (χ1n) is 10.2. The lowest BCUT2D eigenvalue weighted by atomic mass is 10.1. The molecule has 1 N–H and O–H groups in total. The molecule has 0 amide bonds. The molecule has 0 unspecified atom stereocenters. The van der Waals surface area contributed by atoms with E-state index >= 15 is 0 Å². The Hall–Kier alpha value is -2.94. The number of sulfonamides is 1. The third-order valence-corrected chi connectivity index (χ3v) is 7.39. The van der Waals surface area contributed by atoms with Gasteiger partial charge in [-0.25, -0.2) is 13.1 Å². The van der Waals surface area contributed by atoms with Gasteiger partial charge in [0.2, 0.25) is 10.0 Å². The van der Waals surface area contributed by atoms with Crippen LogP contribution in [0.25, 0.3) is 10.2 Å². The van der Waals surface area contributed by atoms with E-state index in [1.54, 1.807) is 16.7 Å². The predicted molar refractivity (Wildman–Crippen MR) is 128 cm³/mol. The maximum atomic E-state index is 12.7. The SMILES string of the molecule is Cc1cc(C)cc(OCCNS(=O)(=O)c2ccc3c(c2)sc(=O)n3Cc2ccccc2)c1. The molecule has 1 heterocycles. The van der Waals surface area contributed by atoms with Crippen LogP contribution in [-0.2, 0) is 16.6 Å². The van der Waals surface area contributed by atoms with E-state index in [4.69, 9.17) is 4.74 Å². The zero-order valence-corrected chi connectivity index (χ0v) is 19.5. The van der Waals surface area contributed by atoms with Crippen LogP contribution < -0.4 is 14.3 Å². The summed E-state index contributed by atoms with van der Waals surface area (Å²) in [4.78, 5) is 12.5. The highest BCUT2D eigenvalue weighted by atomic mass is 32.2. The summed E-state index contributed by atoms with van der Waals surface area (Å²) in [5.74, 6) is 0.715. The van der Waals surface area contributed by atoms with Crippen LogP contribution in [0, 0.1) is 13.8 Å². The average Bonchev–Trinajstić information content (AvgIpc) is 3.06. The van der Waals surface area contributed by atoms with Crippen molar-refractivity contribution < 1.29 is 13.2 Å². The Morgan fingerprint density at radius 2 is 1.69 bits per heavy atom. The van der Waals surface area contributed by atoms with E-state index in [9.17, 15) is 13.2 Å². The minimum atomic E-state index is -3.72. The van der Waals surface area contributed by atoms with Gasteiger partial charge in [0, 0.05) is 6.54 Å². The number of aryl methyl sites for hydroxylation is 2. The summed E-state index contributed by atoms with van der Waals surface area (Å²) in [6, 6.07) is 20.3. The number of aromatic nitrogens is 1. The minimum absolute atomic E-state index is 0.117. The quantitative estimate of drug-likeness (QED) is 0.395. The van der Waals surface area contributed by atoms with Crippen LogP contribution in [0.4, 0.5) is 0 Å². The van der Waals surface area contributed by atoms with Gasteiger partial charge in [-0.15, -0.1) is 0 Å². The van der Waals surface area contributed by atoms with E-state index in [0.29, 0.717) is 17.0 Å². The second kappa shape index (κ2) is 9.28. The largest absolute Gasteiger partial charge is 0.492 e. The Morgan fingerprint density at radius 3 is 2.41 bits per heavy atom. The normalized spacial score (nSPS) is 11.7. The van der Waals surface area contributed by atoms with Crippen molar-refractivity contribution in [2.45, 2.75) is 25.3 Å². The predicted octanol–water partition coefficient (Wildman–Crippen LogP) is 4.09. The van der Waals surface area contributed by atoms with E-state index in [2.05, 4.69) is 4.72 Å². The molecule has 0 spiro atoms. The van der Waals surface area contributed by atoms with Gasteiger partial charge in [0.05, 0.1) is 21.7 Å². The highest BCUT2D eigenvalue weighted by Crippen LogP contribution is 2.22. The molecule has 3 aromatic carbocycles. The van der Waals surface area contributed by atoms with E-state index in [-0.39, 0.29) is 22.9 Å². The van der Waals surface area contributed by atoms with E-state index in [1.807, 2.05) is 62.4 Å². The smallest absolute Gasteiger partial charge is 0.308 e. The van der Waals surface area contributed by atoms with Crippen LogP contribution in [0.15, 0.2) is 76.4 Å². The van der Waals surface area contributed by atoms with Crippen molar-refractivity contribution in [1.29, 1.82) is 0 Å². The van der Waals surface area contributed by atoms with Crippen molar-refractivity contribution in [3.63, 3.8) is 0 Å². The van der Waals surface area contributed by atoms with Crippen molar-refractivity contribution in [2.24, 2.45) is 0 Å². The zero-order valence-electron chi connectivity index (χ0n) is 17.9. The number of nitrogens with zero attached hydrogens (tertiary/aromatic N) is 1. The highest BCUT2D eigenvalue weighted by molar-refractivity contribution is 7.89. The molecular formula is C24H24N2O4S2. The number of rotatable bonds is 8. The maximum absolute atomic E-state index is 12.7. The summed E-state index contributed by atoms with van der Waals surface area (Å²) in [7, 11) is -3.72. The monoisotopic (exact) mass is 468 g/mol. The number of nitrogens with one attached hydrogen (secondary N) is 1. The fraction of sp³-hybridized carbons (Fsp3) is 0.208. The molecule has 0 radical (unpaired) electrons. The van der Waals surface area contributed by atoms with Crippen molar-refractivity contribution >= 4 is 31.6 Å². The molecule has 1 aromatic heterocycles. The van der Waals surface area contributed by atoms with Crippen LogP contribution >= 0.6 is 11.3 Å². The van der Waals surface area contributed by atoms with Gasteiger partial charge in [0.25, 0.3) is 0 Å². The van der Waals surface area contributed by atoms with Gasteiger partial charge in [-0.05, 0) is 60.9 Å². The lowest BCUT2D eigenvalue weighted by Crippen LogP contribution is -2.28. The molecule has 8 heteroatoms. The fourth-order valence-electron chi connectivity index (χ4n) is 3.57.